The lowest BCUT2D eigenvalue weighted by Gasteiger charge is -2.09. The smallest absolute Gasteiger partial charge is 0.193 e. The van der Waals surface area contributed by atoms with E-state index in [0.717, 1.165) is 11.3 Å². The van der Waals surface area contributed by atoms with Crippen molar-refractivity contribution in [3.05, 3.63) is 54.1 Å². The molecule has 5 heteroatoms. The Balaban J connectivity index is 2.03. The van der Waals surface area contributed by atoms with E-state index in [4.69, 9.17) is 15.2 Å². The molecule has 3 N–H and O–H groups in total. The van der Waals surface area contributed by atoms with Gasteiger partial charge in [0.05, 0.1) is 20.8 Å². The van der Waals surface area contributed by atoms with Crippen molar-refractivity contribution in [2.24, 2.45) is 10.7 Å². The number of ether oxygens (including phenoxy) is 2. The van der Waals surface area contributed by atoms with Gasteiger partial charge < -0.3 is 20.5 Å². The first-order valence-corrected chi connectivity index (χ1v) is 6.56. The third-order valence-corrected chi connectivity index (χ3v) is 2.93. The summed E-state index contributed by atoms with van der Waals surface area (Å²) in [5, 5.41) is 3.04. The van der Waals surface area contributed by atoms with E-state index in [-0.39, 0.29) is 0 Å². The molecule has 0 aliphatic heterocycles. The van der Waals surface area contributed by atoms with E-state index in [2.05, 4.69) is 10.3 Å². The van der Waals surface area contributed by atoms with Gasteiger partial charge in [-0.25, -0.2) is 4.99 Å². The highest BCUT2D eigenvalue weighted by molar-refractivity contribution is 5.92. The number of benzene rings is 2. The van der Waals surface area contributed by atoms with Crippen LogP contribution in [0, 0.1) is 0 Å². The Morgan fingerprint density at radius 1 is 1.05 bits per heavy atom. The largest absolute Gasteiger partial charge is 0.493 e. The van der Waals surface area contributed by atoms with Crippen molar-refractivity contribution in [1.82, 2.24) is 0 Å². The molecule has 0 saturated carbocycles. The molecule has 0 radical (unpaired) electrons. The van der Waals surface area contributed by atoms with Crippen LogP contribution in [0.3, 0.4) is 0 Å². The van der Waals surface area contributed by atoms with Gasteiger partial charge in [-0.15, -0.1) is 0 Å². The molecule has 2 aromatic rings. The number of para-hydroxylation sites is 1. The average molecular weight is 285 g/mol. The standard InChI is InChI=1S/C16H19N3O2/c1-20-14-9-8-12(10-15(14)21-2)11-18-16(17)19-13-6-4-3-5-7-13/h3-10H,11H2,1-2H3,(H3,17,18,19). The molecule has 0 amide bonds. The maximum atomic E-state index is 5.86. The molecule has 110 valence electrons. The maximum Gasteiger partial charge on any atom is 0.193 e. The van der Waals surface area contributed by atoms with Crippen LogP contribution in [-0.2, 0) is 6.54 Å². The second kappa shape index (κ2) is 7.19. The lowest BCUT2D eigenvalue weighted by molar-refractivity contribution is 0.354. The van der Waals surface area contributed by atoms with Gasteiger partial charge in [0.15, 0.2) is 17.5 Å². The fraction of sp³-hybridized carbons (Fsp3) is 0.188. The van der Waals surface area contributed by atoms with Crippen molar-refractivity contribution in [2.75, 3.05) is 19.5 Å². The molecule has 0 heterocycles. The summed E-state index contributed by atoms with van der Waals surface area (Å²) in [7, 11) is 3.22. The minimum atomic E-state index is 0.371. The molecular formula is C16H19N3O2. The summed E-state index contributed by atoms with van der Waals surface area (Å²) >= 11 is 0. The summed E-state index contributed by atoms with van der Waals surface area (Å²) in [5.41, 5.74) is 7.76. The molecule has 0 aliphatic carbocycles. The zero-order valence-corrected chi connectivity index (χ0v) is 12.2. The Morgan fingerprint density at radius 3 is 2.43 bits per heavy atom. The molecule has 0 atom stereocenters. The van der Waals surface area contributed by atoms with E-state index < -0.39 is 0 Å². The molecule has 2 aromatic carbocycles. The third kappa shape index (κ3) is 4.14. The average Bonchev–Trinajstić information content (AvgIpc) is 2.53. The van der Waals surface area contributed by atoms with E-state index >= 15 is 0 Å². The summed E-state index contributed by atoms with van der Waals surface area (Å²) in [6.45, 7) is 0.464. The van der Waals surface area contributed by atoms with Crippen molar-refractivity contribution in [3.8, 4) is 11.5 Å². The number of hydrogen-bond donors (Lipinski definition) is 2. The molecular weight excluding hydrogens is 266 g/mol. The number of anilines is 1. The molecule has 5 nitrogen and oxygen atoms in total. The van der Waals surface area contributed by atoms with Gasteiger partial charge in [0, 0.05) is 5.69 Å². The van der Waals surface area contributed by atoms with Gasteiger partial charge in [-0.3, -0.25) is 0 Å². The number of nitrogens with zero attached hydrogens (tertiary/aromatic N) is 1. The molecule has 0 spiro atoms. The minimum absolute atomic E-state index is 0.371. The van der Waals surface area contributed by atoms with Crippen LogP contribution >= 0.6 is 0 Å². The summed E-state index contributed by atoms with van der Waals surface area (Å²) < 4.78 is 10.5. The molecule has 0 unspecified atom stereocenters. The van der Waals surface area contributed by atoms with E-state index in [9.17, 15) is 0 Å². The number of hydrogen-bond acceptors (Lipinski definition) is 3. The third-order valence-electron chi connectivity index (χ3n) is 2.93. The minimum Gasteiger partial charge on any atom is -0.493 e. The fourth-order valence-corrected chi connectivity index (χ4v) is 1.86. The van der Waals surface area contributed by atoms with Crippen LogP contribution in [0.4, 0.5) is 5.69 Å². The quantitative estimate of drug-likeness (QED) is 0.654. The highest BCUT2D eigenvalue weighted by atomic mass is 16.5. The number of guanidine groups is 1. The number of methoxy groups -OCH3 is 2. The Labute approximate surface area is 124 Å². The van der Waals surface area contributed by atoms with Crippen molar-refractivity contribution in [1.29, 1.82) is 0 Å². The van der Waals surface area contributed by atoms with Crippen LogP contribution in [0.25, 0.3) is 0 Å². The van der Waals surface area contributed by atoms with Gasteiger partial charge in [-0.1, -0.05) is 24.3 Å². The van der Waals surface area contributed by atoms with Gasteiger partial charge in [-0.05, 0) is 29.8 Å². The monoisotopic (exact) mass is 285 g/mol. The van der Waals surface area contributed by atoms with E-state index in [1.807, 2.05) is 48.5 Å². The number of nitrogens with one attached hydrogen (secondary N) is 1. The predicted molar refractivity (Wildman–Crippen MR) is 84.9 cm³/mol. The first-order chi connectivity index (χ1) is 10.2. The van der Waals surface area contributed by atoms with Gasteiger partial charge >= 0.3 is 0 Å². The number of rotatable bonds is 5. The van der Waals surface area contributed by atoms with E-state index in [0.29, 0.717) is 24.0 Å². The number of aliphatic imine (C=N–C) groups is 1. The van der Waals surface area contributed by atoms with E-state index in [1.165, 1.54) is 0 Å². The van der Waals surface area contributed by atoms with Crippen LogP contribution in [0.15, 0.2) is 53.5 Å². The summed E-state index contributed by atoms with van der Waals surface area (Å²) in [6.07, 6.45) is 0. The van der Waals surface area contributed by atoms with E-state index in [1.54, 1.807) is 14.2 Å². The summed E-state index contributed by atoms with van der Waals surface area (Å²) in [6, 6.07) is 15.3. The Morgan fingerprint density at radius 2 is 1.76 bits per heavy atom. The summed E-state index contributed by atoms with van der Waals surface area (Å²) in [5.74, 6) is 1.75. The van der Waals surface area contributed by atoms with Gasteiger partial charge in [0.2, 0.25) is 0 Å². The molecule has 0 saturated heterocycles. The Kier molecular flexibility index (Phi) is 5.04. The predicted octanol–water partition coefficient (Wildman–Crippen LogP) is 2.63. The Bertz CT molecular complexity index is 612. The van der Waals surface area contributed by atoms with Gasteiger partial charge in [0.25, 0.3) is 0 Å². The van der Waals surface area contributed by atoms with Crippen molar-refractivity contribution >= 4 is 11.6 Å². The van der Waals surface area contributed by atoms with Crippen molar-refractivity contribution in [3.63, 3.8) is 0 Å². The molecule has 0 bridgehead atoms. The van der Waals surface area contributed by atoms with Gasteiger partial charge in [0.1, 0.15) is 0 Å². The molecule has 0 aliphatic rings. The second-order valence-corrected chi connectivity index (χ2v) is 4.38. The van der Waals surface area contributed by atoms with Crippen LogP contribution in [0.2, 0.25) is 0 Å². The summed E-state index contributed by atoms with van der Waals surface area (Å²) in [4.78, 5) is 4.31. The normalized spacial score (nSPS) is 11.0. The lowest BCUT2D eigenvalue weighted by Crippen LogP contribution is -2.22. The lowest BCUT2D eigenvalue weighted by atomic mass is 10.2. The van der Waals surface area contributed by atoms with Crippen LogP contribution in [-0.4, -0.2) is 20.2 Å². The second-order valence-electron chi connectivity index (χ2n) is 4.38. The van der Waals surface area contributed by atoms with Crippen LogP contribution < -0.4 is 20.5 Å². The highest BCUT2D eigenvalue weighted by Crippen LogP contribution is 2.27. The fourth-order valence-electron chi connectivity index (χ4n) is 1.86. The zero-order valence-electron chi connectivity index (χ0n) is 12.2. The topological polar surface area (TPSA) is 68.9 Å². The Hall–Kier alpha value is -2.69. The first kappa shape index (κ1) is 14.7. The maximum absolute atomic E-state index is 5.86. The molecule has 21 heavy (non-hydrogen) atoms. The molecule has 0 aromatic heterocycles. The highest BCUT2D eigenvalue weighted by Gasteiger charge is 2.04. The van der Waals surface area contributed by atoms with Crippen LogP contribution in [0.1, 0.15) is 5.56 Å². The van der Waals surface area contributed by atoms with Gasteiger partial charge in [-0.2, -0.15) is 0 Å². The SMILES string of the molecule is COc1ccc(CN=C(N)Nc2ccccc2)cc1OC. The van der Waals surface area contributed by atoms with Crippen molar-refractivity contribution < 1.29 is 9.47 Å². The number of nitrogens with two attached hydrogens (primary N) is 1. The molecule has 2 rings (SSSR count). The zero-order chi connectivity index (χ0) is 15.1. The molecule has 0 fully saturated rings. The van der Waals surface area contributed by atoms with Crippen LogP contribution in [0.5, 0.6) is 11.5 Å². The first-order valence-electron chi connectivity index (χ1n) is 6.56. The van der Waals surface area contributed by atoms with Crippen molar-refractivity contribution in [2.45, 2.75) is 6.54 Å².